The van der Waals surface area contributed by atoms with E-state index in [4.69, 9.17) is 18.9 Å². The van der Waals surface area contributed by atoms with E-state index in [1.807, 2.05) is 12.1 Å². The summed E-state index contributed by atoms with van der Waals surface area (Å²) in [6.07, 6.45) is -1.68. The van der Waals surface area contributed by atoms with Crippen LogP contribution >= 0.6 is 0 Å². The summed E-state index contributed by atoms with van der Waals surface area (Å²) >= 11 is 0. The van der Waals surface area contributed by atoms with Crippen LogP contribution in [-0.2, 0) is 24.1 Å². The van der Waals surface area contributed by atoms with Crippen molar-refractivity contribution in [3.05, 3.63) is 94.6 Å². The Morgan fingerprint density at radius 2 is 1.81 bits per heavy atom. The average Bonchev–Trinajstić information content (AvgIpc) is 3.39. The van der Waals surface area contributed by atoms with E-state index < -0.39 is 17.7 Å². The van der Waals surface area contributed by atoms with Crippen molar-refractivity contribution in [3.63, 3.8) is 0 Å². The summed E-state index contributed by atoms with van der Waals surface area (Å²) in [5.74, 6) is 0.345. The average molecular weight is 511 g/mol. The van der Waals surface area contributed by atoms with Gasteiger partial charge in [-0.05, 0) is 71.6 Å². The Bertz CT molecular complexity index is 1340. The number of fused-ring (bicyclic) bond motifs is 1. The van der Waals surface area contributed by atoms with Crippen molar-refractivity contribution < 1.29 is 36.9 Å². The van der Waals surface area contributed by atoms with Gasteiger partial charge in [0.25, 0.3) is 0 Å². The summed E-state index contributed by atoms with van der Waals surface area (Å²) < 4.78 is 61.7. The van der Waals surface area contributed by atoms with Gasteiger partial charge in [-0.25, -0.2) is 4.79 Å². The predicted octanol–water partition coefficient (Wildman–Crippen LogP) is 5.75. The zero-order valence-corrected chi connectivity index (χ0v) is 19.8. The SMILES string of the molecule is O=C(OCc1ccc(COc2ccccc2C(F)(F)F)cc1C1=CCNCC1)c1ccc2c(c1)OCO2. The van der Waals surface area contributed by atoms with Gasteiger partial charge in [-0.15, -0.1) is 0 Å². The Balaban J connectivity index is 1.33. The van der Waals surface area contributed by atoms with Crippen LogP contribution in [0.1, 0.15) is 39.0 Å². The number of para-hydroxylation sites is 1. The molecule has 0 amide bonds. The van der Waals surface area contributed by atoms with E-state index in [1.54, 1.807) is 24.3 Å². The van der Waals surface area contributed by atoms with Gasteiger partial charge in [0.05, 0.1) is 11.1 Å². The van der Waals surface area contributed by atoms with Crippen molar-refractivity contribution in [1.82, 2.24) is 5.32 Å². The Morgan fingerprint density at radius 1 is 0.973 bits per heavy atom. The van der Waals surface area contributed by atoms with Crippen LogP contribution in [-0.4, -0.2) is 25.9 Å². The molecule has 0 unspecified atom stereocenters. The Morgan fingerprint density at radius 3 is 2.62 bits per heavy atom. The molecule has 3 aromatic rings. The third-order valence-electron chi connectivity index (χ3n) is 6.14. The first kappa shape index (κ1) is 24.7. The van der Waals surface area contributed by atoms with Gasteiger partial charge in [-0.2, -0.15) is 13.2 Å². The Labute approximate surface area is 211 Å². The smallest absolute Gasteiger partial charge is 0.419 e. The highest BCUT2D eigenvalue weighted by molar-refractivity contribution is 5.90. The van der Waals surface area contributed by atoms with Crippen molar-refractivity contribution in [2.75, 3.05) is 19.9 Å². The maximum absolute atomic E-state index is 13.3. The van der Waals surface area contributed by atoms with E-state index in [1.165, 1.54) is 18.2 Å². The minimum absolute atomic E-state index is 0.0332. The van der Waals surface area contributed by atoms with Gasteiger partial charge in [0.15, 0.2) is 11.5 Å². The maximum Gasteiger partial charge on any atom is 0.419 e. The molecule has 0 saturated heterocycles. The van der Waals surface area contributed by atoms with Crippen molar-refractivity contribution in [2.24, 2.45) is 0 Å². The fraction of sp³-hybridized carbons (Fsp3) is 0.250. The molecule has 192 valence electrons. The number of ether oxygens (including phenoxy) is 4. The molecule has 5 rings (SSSR count). The molecular formula is C28H24F3NO5. The first-order valence-corrected chi connectivity index (χ1v) is 11.8. The number of hydrogen-bond acceptors (Lipinski definition) is 6. The summed E-state index contributed by atoms with van der Waals surface area (Å²) in [4.78, 5) is 12.7. The number of nitrogens with one attached hydrogen (secondary N) is 1. The number of carbonyl (C=O) groups is 1. The fourth-order valence-corrected chi connectivity index (χ4v) is 4.24. The first-order chi connectivity index (χ1) is 17.9. The molecule has 0 atom stereocenters. The Kier molecular flexibility index (Phi) is 7.05. The van der Waals surface area contributed by atoms with E-state index in [0.717, 1.165) is 35.7 Å². The van der Waals surface area contributed by atoms with Crippen LogP contribution in [0, 0.1) is 0 Å². The predicted molar refractivity (Wildman–Crippen MR) is 129 cm³/mol. The molecule has 3 aromatic carbocycles. The summed E-state index contributed by atoms with van der Waals surface area (Å²) in [6.45, 7) is 1.60. The maximum atomic E-state index is 13.3. The zero-order chi connectivity index (χ0) is 25.8. The molecule has 2 heterocycles. The standard InChI is InChI=1S/C28H24F3NO5/c29-28(30,31)23-3-1-2-4-24(23)34-15-18-5-6-21(22(13-18)19-9-11-32-12-10-19)16-35-27(33)20-7-8-25-26(14-20)37-17-36-25/h1-9,13-14,32H,10-12,15-17H2. The molecule has 0 spiro atoms. The largest absolute Gasteiger partial charge is 0.488 e. The molecule has 37 heavy (non-hydrogen) atoms. The fourth-order valence-electron chi connectivity index (χ4n) is 4.24. The van der Waals surface area contributed by atoms with Crippen LogP contribution < -0.4 is 19.5 Å². The molecule has 0 bridgehead atoms. The van der Waals surface area contributed by atoms with Crippen LogP contribution in [0.5, 0.6) is 17.2 Å². The molecule has 0 radical (unpaired) electrons. The van der Waals surface area contributed by atoms with E-state index in [9.17, 15) is 18.0 Å². The van der Waals surface area contributed by atoms with Crippen molar-refractivity contribution in [2.45, 2.75) is 25.8 Å². The summed E-state index contributed by atoms with van der Waals surface area (Å²) in [7, 11) is 0. The molecule has 9 heteroatoms. The van der Waals surface area contributed by atoms with E-state index in [0.29, 0.717) is 29.2 Å². The van der Waals surface area contributed by atoms with Gasteiger partial charge in [-0.1, -0.05) is 30.3 Å². The second kappa shape index (κ2) is 10.6. The monoisotopic (exact) mass is 511 g/mol. The number of benzene rings is 3. The van der Waals surface area contributed by atoms with Crippen molar-refractivity contribution >= 4 is 11.5 Å². The molecule has 0 aromatic heterocycles. The highest BCUT2D eigenvalue weighted by Crippen LogP contribution is 2.36. The van der Waals surface area contributed by atoms with Crippen LogP contribution in [0.25, 0.3) is 5.57 Å². The quantitative estimate of drug-likeness (QED) is 0.408. The van der Waals surface area contributed by atoms with Crippen LogP contribution in [0.4, 0.5) is 13.2 Å². The second-order valence-electron chi connectivity index (χ2n) is 8.60. The number of halogens is 3. The van der Waals surface area contributed by atoms with Gasteiger partial charge in [0, 0.05) is 6.54 Å². The molecule has 0 fully saturated rings. The highest BCUT2D eigenvalue weighted by atomic mass is 19.4. The topological polar surface area (TPSA) is 66.0 Å². The minimum atomic E-state index is -4.51. The highest BCUT2D eigenvalue weighted by Gasteiger charge is 2.34. The molecule has 2 aliphatic heterocycles. The number of alkyl halides is 3. The zero-order valence-electron chi connectivity index (χ0n) is 19.8. The Hall–Kier alpha value is -3.98. The van der Waals surface area contributed by atoms with E-state index in [2.05, 4.69) is 11.4 Å². The summed E-state index contributed by atoms with van der Waals surface area (Å²) in [6, 6.07) is 15.5. The lowest BCUT2D eigenvalue weighted by molar-refractivity contribution is -0.139. The van der Waals surface area contributed by atoms with Crippen molar-refractivity contribution in [1.29, 1.82) is 0 Å². The summed E-state index contributed by atoms with van der Waals surface area (Å²) in [5.41, 5.74) is 2.98. The molecule has 6 nitrogen and oxygen atoms in total. The molecular weight excluding hydrogens is 487 g/mol. The van der Waals surface area contributed by atoms with Gasteiger partial charge < -0.3 is 24.3 Å². The van der Waals surface area contributed by atoms with Crippen LogP contribution in [0.2, 0.25) is 0 Å². The minimum Gasteiger partial charge on any atom is -0.488 e. The normalized spacial score (nSPS) is 14.7. The summed E-state index contributed by atoms with van der Waals surface area (Å²) in [5, 5.41) is 3.26. The van der Waals surface area contributed by atoms with Gasteiger partial charge in [0.2, 0.25) is 6.79 Å². The van der Waals surface area contributed by atoms with Crippen LogP contribution in [0.15, 0.2) is 66.7 Å². The lowest BCUT2D eigenvalue weighted by Gasteiger charge is -2.19. The molecule has 0 saturated carbocycles. The van der Waals surface area contributed by atoms with E-state index in [-0.39, 0.29) is 25.8 Å². The lowest BCUT2D eigenvalue weighted by Crippen LogP contribution is -2.20. The number of esters is 1. The number of hydrogen-bond donors (Lipinski definition) is 1. The third kappa shape index (κ3) is 5.72. The first-order valence-electron chi connectivity index (χ1n) is 11.8. The molecule has 0 aliphatic carbocycles. The van der Waals surface area contributed by atoms with Gasteiger partial charge >= 0.3 is 12.1 Å². The van der Waals surface area contributed by atoms with Crippen molar-refractivity contribution in [3.8, 4) is 17.2 Å². The van der Waals surface area contributed by atoms with Crippen LogP contribution in [0.3, 0.4) is 0 Å². The lowest BCUT2D eigenvalue weighted by atomic mass is 9.94. The third-order valence-corrected chi connectivity index (χ3v) is 6.14. The molecule has 2 aliphatic rings. The van der Waals surface area contributed by atoms with Gasteiger partial charge in [-0.3, -0.25) is 0 Å². The number of rotatable bonds is 7. The van der Waals surface area contributed by atoms with E-state index >= 15 is 0 Å². The molecule has 1 N–H and O–H groups in total. The second-order valence-corrected chi connectivity index (χ2v) is 8.60. The number of carbonyl (C=O) groups excluding carboxylic acids is 1. The van der Waals surface area contributed by atoms with Gasteiger partial charge in [0.1, 0.15) is 19.0 Å².